The van der Waals surface area contributed by atoms with Gasteiger partial charge in [0, 0.05) is 38.2 Å². The molecule has 10 aromatic carbocycles. The molecule has 0 aliphatic heterocycles. The Labute approximate surface area is 398 Å². The Bertz CT molecular complexity index is 3410. The smallest absolute Gasteiger partial charge is 0.0579 e. The van der Waals surface area contributed by atoms with Crippen molar-refractivity contribution in [1.29, 1.82) is 0 Å². The van der Waals surface area contributed by atoms with Crippen LogP contribution in [0.15, 0.2) is 231 Å². The van der Waals surface area contributed by atoms with Crippen LogP contribution in [-0.4, -0.2) is 16.1 Å². The van der Waals surface area contributed by atoms with Crippen LogP contribution >= 0.6 is 0 Å². The SMILES string of the molecule is C[Si](C)(C)C1([Si](C)(C)C)c2cc(N(c3ccccc3)c3ccccc3-c3ccccc3)c3ccccc3c2-c2ccc3cc(N(c4ccccc4)c4ccccc4-c4ccccc4)ccc3c21. The van der Waals surface area contributed by atoms with Gasteiger partial charge in [-0.25, -0.2) is 0 Å². The lowest BCUT2D eigenvalue weighted by atomic mass is 9.94. The first kappa shape index (κ1) is 42.4. The van der Waals surface area contributed by atoms with E-state index in [1.165, 1.54) is 71.9 Å². The molecule has 1 aliphatic carbocycles. The summed E-state index contributed by atoms with van der Waals surface area (Å²) in [7, 11) is -4.30. The Hall–Kier alpha value is -7.25. The first-order valence-corrected chi connectivity index (χ1v) is 30.7. The van der Waals surface area contributed by atoms with E-state index < -0.39 is 16.1 Å². The Balaban J connectivity index is 1.19. The third kappa shape index (κ3) is 6.89. The summed E-state index contributed by atoms with van der Waals surface area (Å²) in [6, 6.07) is 85.4. The van der Waals surface area contributed by atoms with Crippen LogP contribution in [0.25, 0.3) is 54.9 Å². The van der Waals surface area contributed by atoms with Crippen LogP contribution < -0.4 is 9.80 Å². The zero-order valence-corrected chi connectivity index (χ0v) is 41.3. The summed E-state index contributed by atoms with van der Waals surface area (Å²) in [4.78, 5) is 4.99. The molecule has 11 rings (SSSR count). The van der Waals surface area contributed by atoms with Gasteiger partial charge in [0.25, 0.3) is 0 Å². The van der Waals surface area contributed by atoms with Gasteiger partial charge >= 0.3 is 0 Å². The monoisotopic (exact) mass is 896 g/mol. The minimum absolute atomic E-state index is 0.134. The quantitative estimate of drug-likeness (QED) is 0.126. The lowest BCUT2D eigenvalue weighted by Gasteiger charge is -2.52. The van der Waals surface area contributed by atoms with Gasteiger partial charge in [0.1, 0.15) is 0 Å². The van der Waals surface area contributed by atoms with E-state index in [2.05, 4.69) is 280 Å². The van der Waals surface area contributed by atoms with Crippen LogP contribution in [0.1, 0.15) is 11.1 Å². The number of fused-ring (bicyclic) bond motifs is 7. The molecule has 0 radical (unpaired) electrons. The molecule has 0 atom stereocenters. The largest absolute Gasteiger partial charge is 0.310 e. The maximum atomic E-state index is 2.65. The predicted molar refractivity (Wildman–Crippen MR) is 295 cm³/mol. The van der Waals surface area contributed by atoms with Crippen molar-refractivity contribution in [2.45, 2.75) is 43.9 Å². The highest BCUT2D eigenvalue weighted by Crippen LogP contribution is 2.63. The first-order chi connectivity index (χ1) is 32.6. The van der Waals surface area contributed by atoms with Crippen LogP contribution in [0.5, 0.6) is 0 Å². The number of nitrogens with zero attached hydrogens (tertiary/aromatic N) is 2. The number of rotatable bonds is 10. The van der Waals surface area contributed by atoms with Crippen molar-refractivity contribution in [3.05, 3.63) is 242 Å². The van der Waals surface area contributed by atoms with Crippen molar-refractivity contribution in [3.63, 3.8) is 0 Å². The standard InChI is InChI=1S/C63H56N2Si2/c1-66(2,3)63(67(4,5)6)57-44-60(65(49-31-17-10-18-32-49)59-38-24-22-34-52(59)46-27-13-8-14-28-46)54-35-19-20-36-55(54)61(57)56-41-39-47-43-50(40-42-53(47)62(56)63)64(48-29-15-9-16-30-48)58-37-23-21-33-51(58)45-25-11-7-12-26-45/h7-44H,1-6H3. The molecular formula is C63H56N2Si2. The molecule has 2 nitrogen and oxygen atoms in total. The molecule has 4 heteroatoms. The average Bonchev–Trinajstić information content (AvgIpc) is 3.69. The Morgan fingerprint density at radius 2 is 0.791 bits per heavy atom. The van der Waals surface area contributed by atoms with Crippen molar-refractivity contribution < 1.29 is 0 Å². The molecular weight excluding hydrogens is 841 g/mol. The van der Waals surface area contributed by atoms with Gasteiger partial charge in [-0.1, -0.05) is 215 Å². The molecule has 0 saturated carbocycles. The van der Waals surface area contributed by atoms with Crippen molar-refractivity contribution in [2.75, 3.05) is 9.80 Å². The van der Waals surface area contributed by atoms with Crippen LogP contribution in [0.2, 0.25) is 39.3 Å². The highest BCUT2D eigenvalue weighted by molar-refractivity contribution is 7.00. The normalized spacial score (nSPS) is 13.0. The molecule has 0 heterocycles. The predicted octanol–water partition coefficient (Wildman–Crippen LogP) is 18.3. The van der Waals surface area contributed by atoms with E-state index in [9.17, 15) is 0 Å². The molecule has 1 aliphatic rings. The summed E-state index contributed by atoms with van der Waals surface area (Å²) < 4.78 is -0.134. The van der Waals surface area contributed by atoms with Gasteiger partial charge in [0.05, 0.1) is 33.2 Å². The Morgan fingerprint density at radius 3 is 1.34 bits per heavy atom. The van der Waals surface area contributed by atoms with E-state index in [0.29, 0.717) is 0 Å². The molecule has 0 N–H and O–H groups in total. The first-order valence-electron chi connectivity index (χ1n) is 23.7. The van der Waals surface area contributed by atoms with E-state index in [4.69, 9.17) is 0 Å². The van der Waals surface area contributed by atoms with E-state index >= 15 is 0 Å². The number of hydrogen-bond acceptors (Lipinski definition) is 2. The number of para-hydroxylation sites is 4. The van der Waals surface area contributed by atoms with Gasteiger partial charge in [-0.3, -0.25) is 0 Å². The Morgan fingerprint density at radius 1 is 0.328 bits per heavy atom. The van der Waals surface area contributed by atoms with E-state index in [-0.39, 0.29) is 4.66 Å². The summed E-state index contributed by atoms with van der Waals surface area (Å²) >= 11 is 0. The maximum Gasteiger partial charge on any atom is 0.0579 e. The molecule has 0 unspecified atom stereocenters. The van der Waals surface area contributed by atoms with Gasteiger partial charge in [0.15, 0.2) is 0 Å². The van der Waals surface area contributed by atoms with Gasteiger partial charge in [0.2, 0.25) is 0 Å². The van der Waals surface area contributed by atoms with Gasteiger partial charge in [-0.2, -0.15) is 0 Å². The second-order valence-corrected chi connectivity index (χ2v) is 31.1. The zero-order valence-electron chi connectivity index (χ0n) is 39.3. The van der Waals surface area contributed by atoms with Crippen LogP contribution in [0.3, 0.4) is 0 Å². The summed E-state index contributed by atoms with van der Waals surface area (Å²) in [6.45, 7) is 15.9. The fourth-order valence-corrected chi connectivity index (χ4v) is 25.1. The third-order valence-corrected chi connectivity index (χ3v) is 24.4. The second-order valence-electron chi connectivity index (χ2n) is 20.1. The molecule has 326 valence electrons. The second kappa shape index (κ2) is 16.6. The zero-order chi connectivity index (χ0) is 45.9. The topological polar surface area (TPSA) is 6.48 Å². The molecule has 67 heavy (non-hydrogen) atoms. The van der Waals surface area contributed by atoms with E-state index in [0.717, 1.165) is 22.7 Å². The summed E-state index contributed by atoms with van der Waals surface area (Å²) in [5, 5.41) is 5.21. The molecule has 0 amide bonds. The molecule has 0 saturated heterocycles. The lowest BCUT2D eigenvalue weighted by Crippen LogP contribution is -2.63. The van der Waals surface area contributed by atoms with Crippen LogP contribution in [-0.2, 0) is 4.66 Å². The summed E-state index contributed by atoms with van der Waals surface area (Å²) in [5.74, 6) is 0. The highest BCUT2D eigenvalue weighted by Gasteiger charge is 2.60. The Kier molecular flexibility index (Phi) is 10.5. The van der Waals surface area contributed by atoms with Crippen LogP contribution in [0, 0.1) is 0 Å². The van der Waals surface area contributed by atoms with Gasteiger partial charge in [-0.05, 0) is 104 Å². The molecule has 0 aromatic heterocycles. The van der Waals surface area contributed by atoms with Crippen molar-refractivity contribution in [2.24, 2.45) is 0 Å². The lowest BCUT2D eigenvalue weighted by molar-refractivity contribution is 0.962. The maximum absolute atomic E-state index is 2.65. The number of benzene rings is 10. The average molecular weight is 897 g/mol. The molecule has 0 spiro atoms. The fraction of sp³-hybridized carbons (Fsp3) is 0.111. The van der Waals surface area contributed by atoms with Gasteiger partial charge < -0.3 is 9.80 Å². The molecule has 0 bridgehead atoms. The number of hydrogen-bond donors (Lipinski definition) is 0. The van der Waals surface area contributed by atoms with Gasteiger partial charge in [-0.15, -0.1) is 0 Å². The highest BCUT2D eigenvalue weighted by atomic mass is 28.4. The minimum Gasteiger partial charge on any atom is -0.310 e. The third-order valence-electron chi connectivity index (χ3n) is 14.3. The fourth-order valence-electron chi connectivity index (χ4n) is 12.1. The van der Waals surface area contributed by atoms with Crippen molar-refractivity contribution in [3.8, 4) is 33.4 Å². The van der Waals surface area contributed by atoms with E-state index in [1.54, 1.807) is 5.56 Å². The molecule has 10 aromatic rings. The van der Waals surface area contributed by atoms with Crippen LogP contribution in [0.4, 0.5) is 34.1 Å². The van der Waals surface area contributed by atoms with Crippen molar-refractivity contribution >= 4 is 71.8 Å². The summed E-state index contributed by atoms with van der Waals surface area (Å²) in [6.07, 6.45) is 0. The summed E-state index contributed by atoms with van der Waals surface area (Å²) in [5.41, 5.74) is 17.6. The molecule has 0 fully saturated rings. The van der Waals surface area contributed by atoms with E-state index in [1.807, 2.05) is 0 Å². The van der Waals surface area contributed by atoms with Crippen molar-refractivity contribution in [1.82, 2.24) is 0 Å². The number of anilines is 6. The minimum atomic E-state index is -2.15.